The van der Waals surface area contributed by atoms with Crippen LogP contribution >= 0.6 is 0 Å². The quantitative estimate of drug-likeness (QED) is 0.685. The van der Waals surface area contributed by atoms with Gasteiger partial charge in [0.2, 0.25) is 5.91 Å². The minimum atomic E-state index is -0.805. The Hall–Kier alpha value is -3.49. The SMILES string of the molecule is NC(=O)c1cncc(NC(=O)C(=O)N2CCCC[C@H]2c2ccc(N)cn2)c1. The van der Waals surface area contributed by atoms with Crippen molar-refractivity contribution in [1.29, 1.82) is 0 Å². The molecule has 0 bridgehead atoms. The molecule has 0 spiro atoms. The molecule has 0 aromatic carbocycles. The van der Waals surface area contributed by atoms with Crippen molar-refractivity contribution in [1.82, 2.24) is 14.9 Å². The summed E-state index contributed by atoms with van der Waals surface area (Å²) in [4.78, 5) is 46.0. The number of piperidine rings is 1. The van der Waals surface area contributed by atoms with Crippen molar-refractivity contribution in [2.45, 2.75) is 25.3 Å². The molecule has 1 aliphatic heterocycles. The lowest BCUT2D eigenvalue weighted by Crippen LogP contribution is -2.44. The molecule has 5 N–H and O–H groups in total. The number of amides is 3. The van der Waals surface area contributed by atoms with E-state index in [1.54, 1.807) is 12.1 Å². The highest BCUT2D eigenvalue weighted by molar-refractivity contribution is 6.39. The van der Waals surface area contributed by atoms with Gasteiger partial charge in [-0.05, 0) is 37.5 Å². The maximum atomic E-state index is 12.7. The molecule has 9 heteroatoms. The molecule has 3 amide bonds. The summed E-state index contributed by atoms with van der Waals surface area (Å²) in [5.41, 5.74) is 12.5. The van der Waals surface area contributed by atoms with Gasteiger partial charge in [0.05, 0.1) is 41.1 Å². The fraction of sp³-hybridized carbons (Fsp3) is 0.278. The van der Waals surface area contributed by atoms with E-state index in [4.69, 9.17) is 11.5 Å². The third kappa shape index (κ3) is 4.20. The predicted octanol–water partition coefficient (Wildman–Crippen LogP) is 0.850. The molecule has 3 rings (SSSR count). The van der Waals surface area contributed by atoms with E-state index in [2.05, 4.69) is 15.3 Å². The first-order valence-corrected chi connectivity index (χ1v) is 8.54. The fourth-order valence-electron chi connectivity index (χ4n) is 3.05. The second-order valence-corrected chi connectivity index (χ2v) is 6.31. The number of likely N-dealkylation sites (tertiary alicyclic amines) is 1. The smallest absolute Gasteiger partial charge is 0.313 e. The van der Waals surface area contributed by atoms with E-state index in [1.165, 1.54) is 29.6 Å². The number of anilines is 2. The van der Waals surface area contributed by atoms with E-state index in [0.29, 0.717) is 24.3 Å². The van der Waals surface area contributed by atoms with E-state index >= 15 is 0 Å². The van der Waals surface area contributed by atoms with E-state index in [1.807, 2.05) is 0 Å². The Labute approximate surface area is 155 Å². The van der Waals surface area contributed by atoms with Crippen LogP contribution in [0.3, 0.4) is 0 Å². The number of rotatable bonds is 3. The molecule has 140 valence electrons. The lowest BCUT2D eigenvalue weighted by atomic mass is 9.98. The third-order valence-corrected chi connectivity index (χ3v) is 4.39. The number of pyridine rings is 2. The first-order chi connectivity index (χ1) is 13.0. The summed E-state index contributed by atoms with van der Waals surface area (Å²) in [6, 6.07) is 4.58. The Morgan fingerprint density at radius 3 is 2.67 bits per heavy atom. The lowest BCUT2D eigenvalue weighted by Gasteiger charge is -2.34. The number of hydrogen-bond donors (Lipinski definition) is 3. The Kier molecular flexibility index (Phi) is 5.30. The van der Waals surface area contributed by atoms with Crippen LogP contribution in [0, 0.1) is 0 Å². The zero-order chi connectivity index (χ0) is 19.4. The van der Waals surface area contributed by atoms with Gasteiger partial charge in [0.1, 0.15) is 0 Å². The Bertz CT molecular complexity index is 868. The van der Waals surface area contributed by atoms with Crippen molar-refractivity contribution in [3.05, 3.63) is 48.0 Å². The summed E-state index contributed by atoms with van der Waals surface area (Å²) in [6.45, 7) is 0.461. The zero-order valence-corrected chi connectivity index (χ0v) is 14.6. The monoisotopic (exact) mass is 368 g/mol. The predicted molar refractivity (Wildman–Crippen MR) is 98.3 cm³/mol. The van der Waals surface area contributed by atoms with Gasteiger partial charge in [0.15, 0.2) is 0 Å². The van der Waals surface area contributed by atoms with Gasteiger partial charge in [0, 0.05) is 12.7 Å². The molecule has 1 fully saturated rings. The first-order valence-electron chi connectivity index (χ1n) is 8.54. The second kappa shape index (κ2) is 7.81. The van der Waals surface area contributed by atoms with Crippen molar-refractivity contribution >= 4 is 29.1 Å². The highest BCUT2D eigenvalue weighted by Gasteiger charge is 2.32. The van der Waals surface area contributed by atoms with Gasteiger partial charge in [-0.25, -0.2) is 0 Å². The molecule has 0 saturated carbocycles. The topological polar surface area (TPSA) is 144 Å². The summed E-state index contributed by atoms with van der Waals surface area (Å²) < 4.78 is 0. The van der Waals surface area contributed by atoms with Gasteiger partial charge in [-0.15, -0.1) is 0 Å². The summed E-state index contributed by atoms with van der Waals surface area (Å²) in [5.74, 6) is -2.14. The van der Waals surface area contributed by atoms with Crippen molar-refractivity contribution in [2.75, 3.05) is 17.6 Å². The van der Waals surface area contributed by atoms with Gasteiger partial charge in [0.25, 0.3) is 0 Å². The highest BCUT2D eigenvalue weighted by atomic mass is 16.2. The molecular formula is C18H20N6O3. The Morgan fingerprint density at radius 1 is 1.15 bits per heavy atom. The summed E-state index contributed by atoms with van der Waals surface area (Å²) >= 11 is 0. The number of aromatic nitrogens is 2. The van der Waals surface area contributed by atoms with E-state index < -0.39 is 17.7 Å². The molecule has 27 heavy (non-hydrogen) atoms. The molecule has 9 nitrogen and oxygen atoms in total. The molecule has 2 aromatic rings. The standard InChI is InChI=1S/C18H20N6O3/c19-12-4-5-14(22-9-12)15-3-1-2-6-24(15)18(27)17(26)23-13-7-11(16(20)25)8-21-10-13/h4-5,7-10,15H,1-3,6,19H2,(H2,20,25)(H,23,26)/t15-/m0/s1. The number of carbonyl (C=O) groups is 3. The van der Waals surface area contributed by atoms with E-state index in [9.17, 15) is 14.4 Å². The highest BCUT2D eigenvalue weighted by Crippen LogP contribution is 2.30. The average molecular weight is 368 g/mol. The molecule has 1 atom stereocenters. The second-order valence-electron chi connectivity index (χ2n) is 6.31. The van der Waals surface area contributed by atoms with Crippen LogP contribution in [-0.4, -0.2) is 39.1 Å². The van der Waals surface area contributed by atoms with Gasteiger partial charge in [-0.3, -0.25) is 24.4 Å². The molecule has 2 aromatic heterocycles. The van der Waals surface area contributed by atoms with E-state index in [0.717, 1.165) is 12.8 Å². The number of nitrogens with two attached hydrogens (primary N) is 2. The van der Waals surface area contributed by atoms with Crippen molar-refractivity contribution in [2.24, 2.45) is 5.73 Å². The number of nitrogens with zero attached hydrogens (tertiary/aromatic N) is 3. The van der Waals surface area contributed by atoms with Crippen molar-refractivity contribution in [3.8, 4) is 0 Å². The van der Waals surface area contributed by atoms with Crippen molar-refractivity contribution < 1.29 is 14.4 Å². The van der Waals surface area contributed by atoms with Crippen LogP contribution in [0.25, 0.3) is 0 Å². The molecule has 1 saturated heterocycles. The van der Waals surface area contributed by atoms with Gasteiger partial charge in [-0.1, -0.05) is 0 Å². The number of nitrogen functional groups attached to an aromatic ring is 1. The number of hydrogen-bond acceptors (Lipinski definition) is 6. The van der Waals surface area contributed by atoms with Crippen LogP contribution in [0.1, 0.15) is 41.4 Å². The summed E-state index contributed by atoms with van der Waals surface area (Å²) in [6.07, 6.45) is 6.62. The first kappa shape index (κ1) is 18.3. The molecular weight excluding hydrogens is 348 g/mol. The minimum Gasteiger partial charge on any atom is -0.397 e. The molecule has 1 aliphatic rings. The average Bonchev–Trinajstić information content (AvgIpc) is 2.68. The van der Waals surface area contributed by atoms with Crippen LogP contribution in [0.4, 0.5) is 11.4 Å². The van der Waals surface area contributed by atoms with Crippen LogP contribution in [-0.2, 0) is 9.59 Å². The maximum absolute atomic E-state index is 12.7. The van der Waals surface area contributed by atoms with Gasteiger partial charge in [-0.2, -0.15) is 0 Å². The lowest BCUT2D eigenvalue weighted by molar-refractivity contribution is -0.146. The Balaban J connectivity index is 1.76. The van der Waals surface area contributed by atoms with Crippen LogP contribution in [0.15, 0.2) is 36.8 Å². The minimum absolute atomic E-state index is 0.141. The van der Waals surface area contributed by atoms with Crippen molar-refractivity contribution in [3.63, 3.8) is 0 Å². The largest absolute Gasteiger partial charge is 0.397 e. The van der Waals surface area contributed by atoms with Crippen LogP contribution < -0.4 is 16.8 Å². The molecule has 0 unspecified atom stereocenters. The zero-order valence-electron chi connectivity index (χ0n) is 14.6. The van der Waals surface area contributed by atoms with E-state index in [-0.39, 0.29) is 17.3 Å². The fourth-order valence-corrected chi connectivity index (χ4v) is 3.05. The molecule has 0 aliphatic carbocycles. The van der Waals surface area contributed by atoms with Gasteiger partial charge >= 0.3 is 11.8 Å². The number of carbonyl (C=O) groups excluding carboxylic acids is 3. The summed E-state index contributed by atoms with van der Waals surface area (Å²) in [7, 11) is 0. The van der Waals surface area contributed by atoms with Crippen LogP contribution in [0.5, 0.6) is 0 Å². The normalized spacial score (nSPS) is 16.6. The van der Waals surface area contributed by atoms with Gasteiger partial charge < -0.3 is 21.7 Å². The number of primary amides is 1. The molecule has 3 heterocycles. The maximum Gasteiger partial charge on any atom is 0.313 e. The third-order valence-electron chi connectivity index (χ3n) is 4.39. The van der Waals surface area contributed by atoms with Crippen LogP contribution in [0.2, 0.25) is 0 Å². The number of nitrogens with one attached hydrogen (secondary N) is 1. The molecule has 0 radical (unpaired) electrons. The summed E-state index contributed by atoms with van der Waals surface area (Å²) in [5, 5.41) is 2.47. The Morgan fingerprint density at radius 2 is 1.96 bits per heavy atom.